The Kier molecular flexibility index (Phi) is 7.84. The molecule has 0 bridgehead atoms. The number of amides is 2. The molecule has 0 aromatic heterocycles. The van der Waals surface area contributed by atoms with Crippen LogP contribution in [0.4, 0.5) is 5.69 Å². The summed E-state index contributed by atoms with van der Waals surface area (Å²) in [6.45, 7) is 3.22. The van der Waals surface area contributed by atoms with Gasteiger partial charge in [0.25, 0.3) is 5.91 Å². The number of hydrogen-bond acceptors (Lipinski definition) is 6. The number of fused-ring (bicyclic) bond motifs is 3. The van der Waals surface area contributed by atoms with Crippen LogP contribution < -0.4 is 5.32 Å². The van der Waals surface area contributed by atoms with Gasteiger partial charge in [0.1, 0.15) is 6.10 Å². The number of anilines is 1. The molecule has 0 radical (unpaired) electrons. The third kappa shape index (κ3) is 5.91. The van der Waals surface area contributed by atoms with E-state index in [1.807, 2.05) is 31.2 Å². The predicted molar refractivity (Wildman–Crippen MR) is 146 cm³/mol. The number of Topliss-reactive ketones (excluding diaryl/α,β-unsaturated/α-hetero) is 1. The molecule has 0 saturated carbocycles. The van der Waals surface area contributed by atoms with E-state index in [1.54, 1.807) is 23.1 Å². The minimum atomic E-state index is -0.793. The Morgan fingerprint density at radius 3 is 2.51 bits per heavy atom. The highest BCUT2D eigenvalue weighted by molar-refractivity contribution is 6.00. The lowest BCUT2D eigenvalue weighted by Crippen LogP contribution is -2.49. The topological polar surface area (TPSA) is 102 Å². The van der Waals surface area contributed by atoms with Gasteiger partial charge in [-0.1, -0.05) is 43.3 Å². The standard InChI is InChI=1S/C31H30N2O6/c1-2-13-33-14-15-38-28(30(33)36)18-29(35)32-24-10-7-20(8-11-24)31(37)39-19-27(34)22-9-12-26-23(17-22)16-21-5-3-4-6-25(21)26/h3-12,17,28H,2,13-16,18-19H2,1H3,(H,32,35). The Morgan fingerprint density at radius 1 is 0.974 bits per heavy atom. The molecule has 200 valence electrons. The molecule has 3 aromatic rings. The van der Waals surface area contributed by atoms with Crippen LogP contribution in [0, 0.1) is 0 Å². The summed E-state index contributed by atoms with van der Waals surface area (Å²) in [5.74, 6) is -1.43. The molecule has 2 aliphatic rings. The van der Waals surface area contributed by atoms with E-state index in [-0.39, 0.29) is 36.2 Å². The normalized spacial score (nSPS) is 15.9. The van der Waals surface area contributed by atoms with Crippen molar-refractivity contribution in [3.05, 3.63) is 89.0 Å². The van der Waals surface area contributed by atoms with E-state index in [4.69, 9.17) is 9.47 Å². The lowest BCUT2D eigenvalue weighted by molar-refractivity contribution is -0.155. The smallest absolute Gasteiger partial charge is 0.338 e. The zero-order chi connectivity index (χ0) is 27.4. The van der Waals surface area contributed by atoms with E-state index in [1.165, 1.54) is 23.3 Å². The molecular formula is C31H30N2O6. The first kappa shape index (κ1) is 26.3. The molecule has 1 N–H and O–H groups in total. The molecule has 1 atom stereocenters. The van der Waals surface area contributed by atoms with E-state index >= 15 is 0 Å². The second-order valence-electron chi connectivity index (χ2n) is 9.72. The fraction of sp³-hybridized carbons (Fsp3) is 0.290. The van der Waals surface area contributed by atoms with Crippen molar-refractivity contribution >= 4 is 29.3 Å². The number of rotatable bonds is 9. The van der Waals surface area contributed by atoms with Crippen LogP contribution in [0.1, 0.15) is 51.6 Å². The average Bonchev–Trinajstić information content (AvgIpc) is 3.32. The molecule has 1 saturated heterocycles. The molecule has 8 nitrogen and oxygen atoms in total. The molecule has 3 aromatic carbocycles. The number of nitrogens with one attached hydrogen (secondary N) is 1. The average molecular weight is 527 g/mol. The van der Waals surface area contributed by atoms with Gasteiger partial charge in [0.05, 0.1) is 18.6 Å². The van der Waals surface area contributed by atoms with Gasteiger partial charge < -0.3 is 19.7 Å². The molecule has 1 fully saturated rings. The maximum Gasteiger partial charge on any atom is 0.338 e. The van der Waals surface area contributed by atoms with E-state index in [0.29, 0.717) is 30.9 Å². The summed E-state index contributed by atoms with van der Waals surface area (Å²) >= 11 is 0. The van der Waals surface area contributed by atoms with Gasteiger partial charge in [0.2, 0.25) is 5.91 Å². The number of ether oxygens (including phenoxy) is 2. The van der Waals surface area contributed by atoms with Gasteiger partial charge >= 0.3 is 5.97 Å². The Bertz CT molecular complexity index is 1410. The number of ketones is 1. The lowest BCUT2D eigenvalue weighted by atomic mass is 10.0. The van der Waals surface area contributed by atoms with Crippen molar-refractivity contribution in [3.63, 3.8) is 0 Å². The molecule has 2 amide bonds. The second kappa shape index (κ2) is 11.6. The number of esters is 1. The molecule has 8 heteroatoms. The Morgan fingerprint density at radius 2 is 1.72 bits per heavy atom. The summed E-state index contributed by atoms with van der Waals surface area (Å²) in [5.41, 5.74) is 5.87. The van der Waals surface area contributed by atoms with Gasteiger partial charge in [0.15, 0.2) is 12.4 Å². The fourth-order valence-electron chi connectivity index (χ4n) is 5.01. The summed E-state index contributed by atoms with van der Waals surface area (Å²) in [5, 5.41) is 2.73. The van der Waals surface area contributed by atoms with Crippen LogP contribution in [0.3, 0.4) is 0 Å². The minimum absolute atomic E-state index is 0.0836. The molecule has 1 aliphatic heterocycles. The highest BCUT2D eigenvalue weighted by Crippen LogP contribution is 2.36. The van der Waals surface area contributed by atoms with Crippen LogP contribution in [-0.4, -0.2) is 60.9 Å². The number of hydrogen-bond donors (Lipinski definition) is 1. The van der Waals surface area contributed by atoms with Crippen molar-refractivity contribution in [1.29, 1.82) is 0 Å². The van der Waals surface area contributed by atoms with Crippen molar-refractivity contribution in [1.82, 2.24) is 4.90 Å². The van der Waals surface area contributed by atoms with Crippen LogP contribution in [-0.2, 0) is 25.5 Å². The van der Waals surface area contributed by atoms with Crippen LogP contribution >= 0.6 is 0 Å². The first-order valence-corrected chi connectivity index (χ1v) is 13.1. The third-order valence-electron chi connectivity index (χ3n) is 6.99. The SMILES string of the molecule is CCCN1CCOC(CC(=O)Nc2ccc(C(=O)OCC(=O)c3ccc4c(c3)Cc3ccccc3-4)cc2)C1=O. The van der Waals surface area contributed by atoms with Gasteiger partial charge in [-0.3, -0.25) is 14.4 Å². The Hall–Kier alpha value is -4.30. The number of carbonyl (C=O) groups excluding carboxylic acids is 4. The van der Waals surface area contributed by atoms with Crippen molar-refractivity contribution in [2.24, 2.45) is 0 Å². The minimum Gasteiger partial charge on any atom is -0.454 e. The van der Waals surface area contributed by atoms with Gasteiger partial charge in [-0.25, -0.2) is 4.79 Å². The first-order chi connectivity index (χ1) is 18.9. The van der Waals surface area contributed by atoms with Crippen LogP contribution in [0.5, 0.6) is 0 Å². The zero-order valence-electron chi connectivity index (χ0n) is 21.8. The van der Waals surface area contributed by atoms with Crippen LogP contribution in [0.25, 0.3) is 11.1 Å². The molecular weight excluding hydrogens is 496 g/mol. The lowest BCUT2D eigenvalue weighted by Gasteiger charge is -2.32. The van der Waals surface area contributed by atoms with E-state index in [2.05, 4.69) is 17.4 Å². The van der Waals surface area contributed by atoms with E-state index < -0.39 is 12.1 Å². The van der Waals surface area contributed by atoms with Gasteiger partial charge in [-0.15, -0.1) is 0 Å². The van der Waals surface area contributed by atoms with Gasteiger partial charge in [-0.05, 0) is 65.4 Å². The largest absolute Gasteiger partial charge is 0.454 e. The molecule has 5 rings (SSSR count). The highest BCUT2D eigenvalue weighted by atomic mass is 16.5. The zero-order valence-corrected chi connectivity index (χ0v) is 21.8. The Labute approximate surface area is 226 Å². The molecule has 1 aliphatic carbocycles. The number of nitrogens with zero attached hydrogens (tertiary/aromatic N) is 1. The van der Waals surface area contributed by atoms with E-state index in [9.17, 15) is 19.2 Å². The molecule has 1 unspecified atom stereocenters. The van der Waals surface area contributed by atoms with E-state index in [0.717, 1.165) is 24.0 Å². The highest BCUT2D eigenvalue weighted by Gasteiger charge is 2.31. The van der Waals surface area contributed by atoms with Crippen LogP contribution in [0.2, 0.25) is 0 Å². The summed E-state index contributed by atoms with van der Waals surface area (Å²) in [6.07, 6.45) is 0.741. The molecule has 1 heterocycles. The maximum atomic E-state index is 12.7. The monoisotopic (exact) mass is 526 g/mol. The van der Waals surface area contributed by atoms with Gasteiger partial charge in [-0.2, -0.15) is 0 Å². The van der Waals surface area contributed by atoms with Crippen LogP contribution in [0.15, 0.2) is 66.7 Å². The fourth-order valence-corrected chi connectivity index (χ4v) is 5.01. The predicted octanol–water partition coefficient (Wildman–Crippen LogP) is 4.26. The summed E-state index contributed by atoms with van der Waals surface area (Å²) in [7, 11) is 0. The number of carbonyl (C=O) groups is 4. The third-order valence-corrected chi connectivity index (χ3v) is 6.99. The number of morpholine rings is 1. The van der Waals surface area contributed by atoms with Gasteiger partial charge in [0, 0.05) is 24.3 Å². The summed E-state index contributed by atoms with van der Waals surface area (Å²) in [6, 6.07) is 19.9. The number of benzene rings is 3. The first-order valence-electron chi connectivity index (χ1n) is 13.1. The summed E-state index contributed by atoms with van der Waals surface area (Å²) < 4.78 is 10.8. The van der Waals surface area contributed by atoms with Crippen molar-refractivity contribution in [2.75, 3.05) is 31.6 Å². The summed E-state index contributed by atoms with van der Waals surface area (Å²) in [4.78, 5) is 51.9. The Balaban J connectivity index is 1.11. The maximum absolute atomic E-state index is 12.7. The van der Waals surface area contributed by atoms with Crippen molar-refractivity contribution < 1.29 is 28.7 Å². The molecule has 39 heavy (non-hydrogen) atoms. The van der Waals surface area contributed by atoms with Crippen molar-refractivity contribution in [2.45, 2.75) is 32.3 Å². The second-order valence-corrected chi connectivity index (χ2v) is 9.72. The quantitative estimate of drug-likeness (QED) is 0.258. The van der Waals surface area contributed by atoms with Crippen molar-refractivity contribution in [3.8, 4) is 11.1 Å². The molecule has 0 spiro atoms.